The molecular formula is C16H17N3O4S. The molecule has 1 saturated carbocycles. The zero-order valence-electron chi connectivity index (χ0n) is 13.0. The van der Waals surface area contributed by atoms with E-state index >= 15 is 0 Å². The second-order valence-electron chi connectivity index (χ2n) is 6.01. The minimum atomic E-state index is -0.521. The van der Waals surface area contributed by atoms with Gasteiger partial charge in [0.25, 0.3) is 5.91 Å². The quantitative estimate of drug-likeness (QED) is 0.793. The van der Waals surface area contributed by atoms with Gasteiger partial charge in [-0.2, -0.15) is 0 Å². The summed E-state index contributed by atoms with van der Waals surface area (Å²) in [5, 5.41) is 3.41. The number of carbonyl (C=O) groups is 2. The third-order valence-corrected chi connectivity index (χ3v) is 5.48. The number of anilines is 1. The molecule has 126 valence electrons. The SMILES string of the molecule is NC(=O)c1c(NC(=O)C2CC2)sc2c1CCOC2N1C#COCC1. The smallest absolute Gasteiger partial charge is 0.251 e. The summed E-state index contributed by atoms with van der Waals surface area (Å²) in [7, 11) is 0. The Morgan fingerprint density at radius 3 is 2.83 bits per heavy atom. The maximum Gasteiger partial charge on any atom is 0.251 e. The molecule has 0 radical (unpaired) electrons. The van der Waals surface area contributed by atoms with Gasteiger partial charge in [0.2, 0.25) is 5.91 Å². The highest BCUT2D eigenvalue weighted by atomic mass is 32.1. The molecule has 24 heavy (non-hydrogen) atoms. The average molecular weight is 347 g/mol. The van der Waals surface area contributed by atoms with E-state index in [0.29, 0.717) is 36.7 Å². The second-order valence-corrected chi connectivity index (χ2v) is 7.06. The van der Waals surface area contributed by atoms with Crippen LogP contribution in [0.3, 0.4) is 0 Å². The van der Waals surface area contributed by atoms with E-state index in [4.69, 9.17) is 15.2 Å². The monoisotopic (exact) mass is 347 g/mol. The number of primary amides is 1. The number of thiophene rings is 1. The molecule has 0 bridgehead atoms. The molecule has 7 nitrogen and oxygen atoms in total. The summed E-state index contributed by atoms with van der Waals surface area (Å²) >= 11 is 1.36. The van der Waals surface area contributed by atoms with Gasteiger partial charge in [0.1, 0.15) is 17.7 Å². The molecule has 0 aromatic carbocycles. The van der Waals surface area contributed by atoms with Crippen molar-refractivity contribution < 1.29 is 19.1 Å². The molecule has 0 saturated heterocycles. The highest BCUT2D eigenvalue weighted by Crippen LogP contribution is 2.43. The number of ether oxygens (including phenoxy) is 2. The number of nitrogens with zero attached hydrogens (tertiary/aromatic N) is 1. The third-order valence-electron chi connectivity index (χ3n) is 4.30. The van der Waals surface area contributed by atoms with Crippen molar-refractivity contribution in [3.8, 4) is 12.2 Å². The van der Waals surface area contributed by atoms with Crippen LogP contribution in [0, 0.1) is 18.1 Å². The largest absolute Gasteiger partial charge is 0.443 e. The Hall–Kier alpha value is -2.24. The average Bonchev–Trinajstić information content (AvgIpc) is 3.36. The number of carbonyl (C=O) groups excluding carboxylic acids is 2. The van der Waals surface area contributed by atoms with Gasteiger partial charge in [0.15, 0.2) is 6.23 Å². The predicted molar refractivity (Wildman–Crippen MR) is 87.0 cm³/mol. The lowest BCUT2D eigenvalue weighted by Gasteiger charge is -2.32. The van der Waals surface area contributed by atoms with Crippen molar-refractivity contribution in [1.29, 1.82) is 0 Å². The molecule has 1 aromatic heterocycles. The van der Waals surface area contributed by atoms with Gasteiger partial charge >= 0.3 is 0 Å². The molecule has 2 aliphatic heterocycles. The lowest BCUT2D eigenvalue weighted by Crippen LogP contribution is -2.34. The van der Waals surface area contributed by atoms with Crippen LogP contribution in [0.5, 0.6) is 0 Å². The van der Waals surface area contributed by atoms with E-state index < -0.39 is 5.91 Å². The van der Waals surface area contributed by atoms with Gasteiger partial charge < -0.3 is 20.5 Å². The zero-order chi connectivity index (χ0) is 16.7. The van der Waals surface area contributed by atoms with Crippen LogP contribution in [-0.4, -0.2) is 36.5 Å². The predicted octanol–water partition coefficient (Wildman–Crippen LogP) is 1.02. The van der Waals surface area contributed by atoms with E-state index in [0.717, 1.165) is 23.3 Å². The molecule has 1 unspecified atom stereocenters. The van der Waals surface area contributed by atoms with Crippen LogP contribution in [0.15, 0.2) is 0 Å². The summed E-state index contributed by atoms with van der Waals surface area (Å²) in [6, 6.07) is 2.90. The number of hydrogen-bond donors (Lipinski definition) is 2. The third kappa shape index (κ3) is 2.70. The highest BCUT2D eigenvalue weighted by molar-refractivity contribution is 7.17. The Kier molecular flexibility index (Phi) is 3.82. The van der Waals surface area contributed by atoms with E-state index in [1.165, 1.54) is 11.3 Å². The van der Waals surface area contributed by atoms with Crippen LogP contribution in [-0.2, 0) is 20.7 Å². The van der Waals surface area contributed by atoms with Crippen molar-refractivity contribution in [3.63, 3.8) is 0 Å². The molecule has 2 amide bonds. The summed E-state index contributed by atoms with van der Waals surface area (Å²) in [5.41, 5.74) is 6.87. The van der Waals surface area contributed by atoms with Crippen molar-refractivity contribution in [2.24, 2.45) is 11.7 Å². The molecule has 1 aliphatic carbocycles. The lowest BCUT2D eigenvalue weighted by molar-refractivity contribution is -0.117. The van der Waals surface area contributed by atoms with Gasteiger partial charge in [-0.15, -0.1) is 11.3 Å². The Morgan fingerprint density at radius 2 is 2.17 bits per heavy atom. The number of nitrogens with two attached hydrogens (primary N) is 1. The van der Waals surface area contributed by atoms with Crippen LogP contribution in [0.25, 0.3) is 0 Å². The molecule has 0 spiro atoms. The van der Waals surface area contributed by atoms with Crippen LogP contribution in [0.4, 0.5) is 5.00 Å². The molecule has 1 fully saturated rings. The number of hydrogen-bond acceptors (Lipinski definition) is 6. The highest BCUT2D eigenvalue weighted by Gasteiger charge is 2.36. The number of rotatable bonds is 4. The first-order chi connectivity index (χ1) is 11.6. The Bertz CT molecular complexity index is 759. The van der Waals surface area contributed by atoms with Crippen molar-refractivity contribution in [2.45, 2.75) is 25.5 Å². The van der Waals surface area contributed by atoms with E-state index in [9.17, 15) is 9.59 Å². The molecule has 1 aromatic rings. The van der Waals surface area contributed by atoms with Gasteiger partial charge in [0, 0.05) is 5.92 Å². The van der Waals surface area contributed by atoms with Gasteiger partial charge in [-0.3, -0.25) is 14.5 Å². The van der Waals surface area contributed by atoms with Gasteiger partial charge in [-0.1, -0.05) is 0 Å². The van der Waals surface area contributed by atoms with Crippen molar-refractivity contribution in [1.82, 2.24) is 4.90 Å². The lowest BCUT2D eigenvalue weighted by atomic mass is 10.0. The van der Waals surface area contributed by atoms with Crippen molar-refractivity contribution >= 4 is 28.2 Å². The maximum atomic E-state index is 12.1. The van der Waals surface area contributed by atoms with Crippen LogP contribution < -0.4 is 11.1 Å². The van der Waals surface area contributed by atoms with Crippen LogP contribution >= 0.6 is 11.3 Å². The fourth-order valence-corrected chi connectivity index (χ4v) is 4.26. The standard InChI is InChI=1S/C16H17N3O4S/c17-13(20)11-10-3-6-23-16(19-4-7-22-8-5-19)12(10)24-15(11)18-14(21)9-1-2-9/h9,16H,1-4,6-7H2,(H2,17,20)(H,18,21). The van der Waals surface area contributed by atoms with Gasteiger partial charge in [0.05, 0.1) is 29.6 Å². The zero-order valence-corrected chi connectivity index (χ0v) is 13.8. The molecule has 1 atom stereocenters. The summed E-state index contributed by atoms with van der Waals surface area (Å²) in [6.07, 6.45) is 4.64. The molecule has 3 N–H and O–H groups in total. The Labute approximate surface area is 143 Å². The van der Waals surface area contributed by atoms with Crippen LogP contribution in [0.1, 0.15) is 39.9 Å². The second kappa shape index (κ2) is 6.00. The maximum absolute atomic E-state index is 12.1. The topological polar surface area (TPSA) is 93.9 Å². The number of nitrogens with one attached hydrogen (secondary N) is 1. The Morgan fingerprint density at radius 1 is 1.33 bits per heavy atom. The van der Waals surface area contributed by atoms with Crippen molar-refractivity contribution in [3.05, 3.63) is 16.0 Å². The minimum Gasteiger partial charge on any atom is -0.443 e. The van der Waals surface area contributed by atoms with Crippen LogP contribution in [0.2, 0.25) is 0 Å². The van der Waals surface area contributed by atoms with Gasteiger partial charge in [-0.25, -0.2) is 0 Å². The fraction of sp³-hybridized carbons (Fsp3) is 0.500. The first-order valence-electron chi connectivity index (χ1n) is 7.92. The van der Waals surface area contributed by atoms with E-state index in [2.05, 4.69) is 17.5 Å². The van der Waals surface area contributed by atoms with Crippen molar-refractivity contribution in [2.75, 3.05) is 25.1 Å². The van der Waals surface area contributed by atoms with E-state index in [1.807, 2.05) is 4.90 Å². The van der Waals surface area contributed by atoms with E-state index in [1.54, 1.807) is 0 Å². The minimum absolute atomic E-state index is 0.0419. The first kappa shape index (κ1) is 15.3. The summed E-state index contributed by atoms with van der Waals surface area (Å²) < 4.78 is 10.9. The van der Waals surface area contributed by atoms with Gasteiger partial charge in [-0.05, 0) is 24.8 Å². The number of fused-ring (bicyclic) bond motifs is 1. The summed E-state index contributed by atoms with van der Waals surface area (Å²) in [6.45, 7) is 1.59. The fourth-order valence-electron chi connectivity index (χ4n) is 2.94. The Balaban J connectivity index is 1.70. The van der Waals surface area contributed by atoms with E-state index in [-0.39, 0.29) is 18.1 Å². The summed E-state index contributed by atoms with van der Waals surface area (Å²) in [5.74, 6) is -0.506. The number of amides is 2. The molecule has 3 aliphatic rings. The molecular weight excluding hydrogens is 330 g/mol. The molecule has 4 rings (SSSR count). The summed E-state index contributed by atoms with van der Waals surface area (Å²) in [4.78, 5) is 26.8. The first-order valence-corrected chi connectivity index (χ1v) is 8.73. The molecule has 3 heterocycles. The molecule has 8 heteroatoms. The normalized spacial score (nSPS) is 22.0.